The highest BCUT2D eigenvalue weighted by molar-refractivity contribution is 5.85. The number of aryl methyl sites for hydroxylation is 1. The van der Waals surface area contributed by atoms with Gasteiger partial charge in [-0.15, -0.1) is 12.4 Å². The fraction of sp³-hybridized carbons (Fsp3) is 0.188. The van der Waals surface area contributed by atoms with Crippen LogP contribution in [0.1, 0.15) is 11.5 Å². The van der Waals surface area contributed by atoms with Gasteiger partial charge in [-0.05, 0) is 30.7 Å². The van der Waals surface area contributed by atoms with Gasteiger partial charge >= 0.3 is 0 Å². The SMILES string of the molecule is COc1ccc(-c2cnnc(Cn3ccnc3C)c2)cc1.Cl. The van der Waals surface area contributed by atoms with Gasteiger partial charge in [-0.1, -0.05) is 12.1 Å². The van der Waals surface area contributed by atoms with E-state index in [1.165, 1.54) is 0 Å². The van der Waals surface area contributed by atoms with Gasteiger partial charge in [0, 0.05) is 18.0 Å². The number of methoxy groups -OCH3 is 1. The van der Waals surface area contributed by atoms with Gasteiger partial charge in [0.2, 0.25) is 0 Å². The molecule has 0 aliphatic heterocycles. The molecule has 0 saturated carbocycles. The zero-order valence-corrected chi connectivity index (χ0v) is 13.2. The number of aromatic nitrogens is 4. The molecule has 0 bridgehead atoms. The van der Waals surface area contributed by atoms with Crippen LogP contribution in [0.3, 0.4) is 0 Å². The van der Waals surface area contributed by atoms with Crippen LogP contribution >= 0.6 is 12.4 Å². The Labute approximate surface area is 135 Å². The second kappa shape index (κ2) is 7.04. The predicted molar refractivity (Wildman–Crippen MR) is 87.3 cm³/mol. The van der Waals surface area contributed by atoms with Crippen molar-refractivity contribution in [3.8, 4) is 16.9 Å². The monoisotopic (exact) mass is 316 g/mol. The number of imidazole rings is 1. The van der Waals surface area contributed by atoms with E-state index in [1.807, 2.05) is 48.0 Å². The van der Waals surface area contributed by atoms with Crippen molar-refractivity contribution >= 4 is 12.4 Å². The average molecular weight is 317 g/mol. The van der Waals surface area contributed by atoms with Crippen LogP contribution < -0.4 is 4.74 Å². The van der Waals surface area contributed by atoms with Gasteiger partial charge in [-0.2, -0.15) is 10.2 Å². The number of halogens is 1. The van der Waals surface area contributed by atoms with E-state index in [2.05, 4.69) is 15.2 Å². The molecule has 114 valence electrons. The van der Waals surface area contributed by atoms with E-state index in [0.717, 1.165) is 28.4 Å². The number of nitrogens with zero attached hydrogens (tertiary/aromatic N) is 4. The molecule has 5 nitrogen and oxygen atoms in total. The first-order valence-electron chi connectivity index (χ1n) is 6.70. The molecule has 0 aliphatic carbocycles. The quantitative estimate of drug-likeness (QED) is 0.742. The number of rotatable bonds is 4. The predicted octanol–water partition coefficient (Wildman–Crippen LogP) is 3.13. The van der Waals surface area contributed by atoms with Crippen LogP contribution in [-0.4, -0.2) is 26.9 Å². The van der Waals surface area contributed by atoms with Crippen LogP contribution in [0.15, 0.2) is 48.9 Å². The summed E-state index contributed by atoms with van der Waals surface area (Å²) in [6, 6.07) is 9.96. The van der Waals surface area contributed by atoms with Gasteiger partial charge in [0.25, 0.3) is 0 Å². The lowest BCUT2D eigenvalue weighted by Gasteiger charge is -2.07. The van der Waals surface area contributed by atoms with Crippen molar-refractivity contribution in [2.45, 2.75) is 13.5 Å². The van der Waals surface area contributed by atoms with E-state index in [4.69, 9.17) is 4.74 Å². The van der Waals surface area contributed by atoms with Crippen LogP contribution in [0, 0.1) is 6.92 Å². The summed E-state index contributed by atoms with van der Waals surface area (Å²) in [4.78, 5) is 4.21. The molecule has 0 unspecified atom stereocenters. The number of hydrogen-bond donors (Lipinski definition) is 0. The third-order valence-corrected chi connectivity index (χ3v) is 3.38. The van der Waals surface area contributed by atoms with Crippen molar-refractivity contribution in [2.75, 3.05) is 7.11 Å². The Bertz CT molecular complexity index is 740. The maximum atomic E-state index is 5.17. The summed E-state index contributed by atoms with van der Waals surface area (Å²) in [5.74, 6) is 1.81. The summed E-state index contributed by atoms with van der Waals surface area (Å²) in [6.07, 6.45) is 5.50. The second-order valence-corrected chi connectivity index (χ2v) is 4.77. The standard InChI is InChI=1S/C16H16N4O.ClH/c1-12-17-7-8-20(12)11-15-9-14(10-18-19-15)13-3-5-16(21-2)6-4-13;/h3-10H,11H2,1-2H3;1H. The molecule has 0 fully saturated rings. The lowest BCUT2D eigenvalue weighted by atomic mass is 10.1. The molecule has 0 aliphatic rings. The van der Waals surface area contributed by atoms with Crippen molar-refractivity contribution in [1.82, 2.24) is 19.7 Å². The van der Waals surface area contributed by atoms with Gasteiger partial charge < -0.3 is 9.30 Å². The molecule has 0 saturated heterocycles. The van der Waals surface area contributed by atoms with Crippen molar-refractivity contribution in [3.63, 3.8) is 0 Å². The number of ether oxygens (including phenoxy) is 1. The fourth-order valence-corrected chi connectivity index (χ4v) is 2.17. The largest absolute Gasteiger partial charge is 0.497 e. The maximum absolute atomic E-state index is 5.17. The van der Waals surface area contributed by atoms with Crippen LogP contribution in [0.25, 0.3) is 11.1 Å². The summed E-state index contributed by atoms with van der Waals surface area (Å²) in [5, 5.41) is 8.29. The molecule has 0 spiro atoms. The Kier molecular flexibility index (Phi) is 5.12. The Morgan fingerprint density at radius 3 is 2.55 bits per heavy atom. The molecule has 3 rings (SSSR count). The third-order valence-electron chi connectivity index (χ3n) is 3.38. The Balaban J connectivity index is 0.00000176. The second-order valence-electron chi connectivity index (χ2n) is 4.77. The zero-order chi connectivity index (χ0) is 14.7. The molecule has 1 aromatic carbocycles. The van der Waals surface area contributed by atoms with E-state index in [9.17, 15) is 0 Å². The Morgan fingerprint density at radius 2 is 1.91 bits per heavy atom. The van der Waals surface area contributed by atoms with E-state index in [0.29, 0.717) is 6.54 Å². The van der Waals surface area contributed by atoms with Crippen molar-refractivity contribution in [3.05, 3.63) is 60.4 Å². The molecule has 0 atom stereocenters. The summed E-state index contributed by atoms with van der Waals surface area (Å²) in [7, 11) is 1.66. The van der Waals surface area contributed by atoms with E-state index in [1.54, 1.807) is 19.5 Å². The molecular formula is C16H17ClN4O. The summed E-state index contributed by atoms with van der Waals surface area (Å²) < 4.78 is 7.22. The molecule has 2 aromatic heterocycles. The van der Waals surface area contributed by atoms with Crippen LogP contribution in [0.2, 0.25) is 0 Å². The molecular weight excluding hydrogens is 300 g/mol. The smallest absolute Gasteiger partial charge is 0.118 e. The number of benzene rings is 1. The summed E-state index contributed by atoms with van der Waals surface area (Å²) >= 11 is 0. The van der Waals surface area contributed by atoms with Crippen molar-refractivity contribution in [1.29, 1.82) is 0 Å². The highest BCUT2D eigenvalue weighted by atomic mass is 35.5. The molecule has 3 aromatic rings. The lowest BCUT2D eigenvalue weighted by molar-refractivity contribution is 0.415. The zero-order valence-electron chi connectivity index (χ0n) is 12.4. The van der Waals surface area contributed by atoms with Crippen molar-refractivity contribution in [2.24, 2.45) is 0 Å². The van der Waals surface area contributed by atoms with Crippen LogP contribution in [0.4, 0.5) is 0 Å². The first-order chi connectivity index (χ1) is 10.3. The van der Waals surface area contributed by atoms with E-state index in [-0.39, 0.29) is 12.4 Å². The molecule has 0 amide bonds. The van der Waals surface area contributed by atoms with Gasteiger partial charge in [0.05, 0.1) is 25.5 Å². The maximum Gasteiger partial charge on any atom is 0.118 e. The highest BCUT2D eigenvalue weighted by Crippen LogP contribution is 2.22. The van der Waals surface area contributed by atoms with Gasteiger partial charge in [-0.25, -0.2) is 4.98 Å². The van der Waals surface area contributed by atoms with Gasteiger partial charge in [0.15, 0.2) is 0 Å². The molecule has 22 heavy (non-hydrogen) atoms. The minimum atomic E-state index is 0. The summed E-state index contributed by atoms with van der Waals surface area (Å²) in [5.41, 5.74) is 3.04. The first kappa shape index (κ1) is 16.0. The molecule has 2 heterocycles. The van der Waals surface area contributed by atoms with Crippen molar-refractivity contribution < 1.29 is 4.74 Å². The number of hydrogen-bond acceptors (Lipinski definition) is 4. The van der Waals surface area contributed by atoms with Gasteiger partial charge in [0.1, 0.15) is 11.6 Å². The lowest BCUT2D eigenvalue weighted by Crippen LogP contribution is -2.04. The Morgan fingerprint density at radius 1 is 1.14 bits per heavy atom. The fourth-order valence-electron chi connectivity index (χ4n) is 2.17. The van der Waals surface area contributed by atoms with E-state index >= 15 is 0 Å². The first-order valence-corrected chi connectivity index (χ1v) is 6.70. The third kappa shape index (κ3) is 3.43. The average Bonchev–Trinajstić information content (AvgIpc) is 2.93. The normalized spacial score (nSPS) is 10.1. The minimum Gasteiger partial charge on any atom is -0.497 e. The Hall–Kier alpha value is -2.40. The van der Waals surface area contributed by atoms with E-state index < -0.39 is 0 Å². The molecule has 0 radical (unpaired) electrons. The highest BCUT2D eigenvalue weighted by Gasteiger charge is 2.04. The van der Waals surface area contributed by atoms with Crippen LogP contribution in [-0.2, 0) is 6.54 Å². The molecule has 6 heteroatoms. The van der Waals surface area contributed by atoms with Crippen LogP contribution in [0.5, 0.6) is 5.75 Å². The summed E-state index contributed by atoms with van der Waals surface area (Å²) in [6.45, 7) is 2.64. The molecule has 0 N–H and O–H groups in total. The topological polar surface area (TPSA) is 52.8 Å². The van der Waals surface area contributed by atoms with Gasteiger partial charge in [-0.3, -0.25) is 0 Å². The minimum absolute atomic E-state index is 0.